The summed E-state index contributed by atoms with van der Waals surface area (Å²) in [5.74, 6) is 0.0692. The molecule has 5 heteroatoms. The van der Waals surface area contributed by atoms with Crippen molar-refractivity contribution in [3.63, 3.8) is 0 Å². The van der Waals surface area contributed by atoms with Gasteiger partial charge in [-0.1, -0.05) is 6.92 Å². The summed E-state index contributed by atoms with van der Waals surface area (Å²) in [7, 11) is 0. The van der Waals surface area contributed by atoms with Gasteiger partial charge in [-0.2, -0.15) is 0 Å². The van der Waals surface area contributed by atoms with Gasteiger partial charge >= 0.3 is 12.0 Å². The van der Waals surface area contributed by atoms with Crippen LogP contribution >= 0.6 is 0 Å². The molecule has 2 rings (SSSR count). The molecule has 2 aliphatic rings. The second-order valence-corrected chi connectivity index (χ2v) is 6.36. The molecule has 0 aromatic heterocycles. The van der Waals surface area contributed by atoms with E-state index in [9.17, 15) is 9.59 Å². The lowest BCUT2D eigenvalue weighted by Gasteiger charge is -2.42. The monoisotopic (exact) mass is 282 g/mol. The maximum absolute atomic E-state index is 12.6. The third kappa shape index (κ3) is 3.44. The Bertz CT molecular complexity index is 364. The molecule has 0 bridgehead atoms. The average Bonchev–Trinajstić information content (AvgIpc) is 2.41. The van der Waals surface area contributed by atoms with Crippen LogP contribution < -0.4 is 0 Å². The number of amides is 2. The minimum atomic E-state index is -0.728. The summed E-state index contributed by atoms with van der Waals surface area (Å²) in [6.45, 7) is 6.62. The molecule has 0 spiro atoms. The number of urea groups is 1. The quantitative estimate of drug-likeness (QED) is 0.846. The molecule has 20 heavy (non-hydrogen) atoms. The van der Waals surface area contributed by atoms with Crippen LogP contribution in [0.25, 0.3) is 0 Å². The molecule has 0 aromatic carbocycles. The van der Waals surface area contributed by atoms with Gasteiger partial charge in [-0.3, -0.25) is 4.79 Å². The maximum atomic E-state index is 12.6. The molecule has 2 aliphatic heterocycles. The topological polar surface area (TPSA) is 60.9 Å². The fourth-order valence-corrected chi connectivity index (χ4v) is 3.36. The van der Waals surface area contributed by atoms with Gasteiger partial charge in [-0.05, 0) is 44.4 Å². The van der Waals surface area contributed by atoms with E-state index < -0.39 is 5.97 Å². The molecule has 2 amide bonds. The number of piperidine rings is 2. The number of rotatable bonds is 2. The fourth-order valence-electron chi connectivity index (χ4n) is 3.36. The molecule has 0 radical (unpaired) electrons. The summed E-state index contributed by atoms with van der Waals surface area (Å²) < 4.78 is 0. The van der Waals surface area contributed by atoms with E-state index in [1.165, 1.54) is 6.42 Å². The van der Waals surface area contributed by atoms with Crippen LogP contribution in [0, 0.1) is 11.8 Å². The van der Waals surface area contributed by atoms with Gasteiger partial charge in [-0.25, -0.2) is 4.79 Å². The molecule has 5 nitrogen and oxygen atoms in total. The first-order valence-corrected chi connectivity index (χ1v) is 7.76. The fraction of sp³-hybridized carbons (Fsp3) is 0.867. The number of carbonyl (C=O) groups is 2. The number of hydrogen-bond donors (Lipinski definition) is 1. The van der Waals surface area contributed by atoms with Gasteiger partial charge in [0.25, 0.3) is 0 Å². The highest BCUT2D eigenvalue weighted by atomic mass is 16.4. The van der Waals surface area contributed by atoms with Crippen LogP contribution in [0.4, 0.5) is 4.79 Å². The zero-order chi connectivity index (χ0) is 14.7. The number of nitrogens with zero attached hydrogens (tertiary/aromatic N) is 2. The summed E-state index contributed by atoms with van der Waals surface area (Å²) in [6.07, 6.45) is 4.16. The minimum absolute atomic E-state index is 0.151. The largest absolute Gasteiger partial charge is 0.481 e. The third-order valence-corrected chi connectivity index (χ3v) is 4.97. The number of carbonyl (C=O) groups excluding carboxylic acids is 1. The molecule has 2 unspecified atom stereocenters. The molecule has 2 heterocycles. The lowest BCUT2D eigenvalue weighted by atomic mass is 9.91. The van der Waals surface area contributed by atoms with Crippen molar-refractivity contribution in [3.05, 3.63) is 0 Å². The Morgan fingerprint density at radius 3 is 2.35 bits per heavy atom. The zero-order valence-electron chi connectivity index (χ0n) is 12.5. The Morgan fingerprint density at radius 2 is 1.75 bits per heavy atom. The first kappa shape index (κ1) is 15.1. The zero-order valence-corrected chi connectivity index (χ0v) is 12.5. The second-order valence-electron chi connectivity index (χ2n) is 6.36. The van der Waals surface area contributed by atoms with Crippen LogP contribution in [-0.2, 0) is 4.79 Å². The summed E-state index contributed by atoms with van der Waals surface area (Å²) in [5, 5.41) is 8.82. The van der Waals surface area contributed by atoms with Crippen LogP contribution in [0.1, 0.15) is 46.0 Å². The predicted molar refractivity (Wildman–Crippen MR) is 76.5 cm³/mol. The van der Waals surface area contributed by atoms with Gasteiger partial charge in [0.05, 0.1) is 0 Å². The van der Waals surface area contributed by atoms with E-state index in [1.54, 1.807) is 0 Å². The van der Waals surface area contributed by atoms with Crippen LogP contribution in [0.2, 0.25) is 0 Å². The van der Waals surface area contributed by atoms with Gasteiger partial charge in [-0.15, -0.1) is 0 Å². The predicted octanol–water partition coefficient (Wildman–Crippen LogP) is 2.41. The normalized spacial score (nSPS) is 28.5. The molecule has 2 saturated heterocycles. The second kappa shape index (κ2) is 6.46. The SMILES string of the molecule is CC1CCCN(C(=O)N2CCC(CC(=O)O)CC2)C1C. The molecule has 2 atom stereocenters. The third-order valence-electron chi connectivity index (χ3n) is 4.97. The first-order chi connectivity index (χ1) is 9.49. The standard InChI is InChI=1S/C15H26N2O3/c1-11-4-3-7-17(12(11)2)15(20)16-8-5-13(6-9-16)10-14(18)19/h11-13H,3-10H2,1-2H3,(H,18,19). The van der Waals surface area contributed by atoms with Crippen molar-refractivity contribution in [1.82, 2.24) is 9.80 Å². The number of carboxylic acid groups (broad SMARTS) is 1. The summed E-state index contributed by atoms with van der Waals surface area (Å²) in [5.41, 5.74) is 0. The highest BCUT2D eigenvalue weighted by molar-refractivity contribution is 5.75. The molecule has 114 valence electrons. The highest BCUT2D eigenvalue weighted by Crippen LogP contribution is 2.26. The van der Waals surface area contributed by atoms with Crippen LogP contribution in [0.15, 0.2) is 0 Å². The maximum Gasteiger partial charge on any atom is 0.320 e. The Hall–Kier alpha value is -1.26. The van der Waals surface area contributed by atoms with Gasteiger partial charge < -0.3 is 14.9 Å². The van der Waals surface area contributed by atoms with Crippen molar-refractivity contribution < 1.29 is 14.7 Å². The van der Waals surface area contributed by atoms with E-state index >= 15 is 0 Å². The number of likely N-dealkylation sites (tertiary alicyclic amines) is 2. The van der Waals surface area contributed by atoms with E-state index in [1.807, 2.05) is 9.80 Å². The van der Waals surface area contributed by atoms with Crippen molar-refractivity contribution in [2.45, 2.75) is 52.0 Å². The highest BCUT2D eigenvalue weighted by Gasteiger charge is 2.33. The molecule has 0 aromatic rings. The molecular weight excluding hydrogens is 256 g/mol. The summed E-state index contributed by atoms with van der Waals surface area (Å²) in [6, 6.07) is 0.464. The van der Waals surface area contributed by atoms with E-state index in [4.69, 9.17) is 5.11 Å². The molecule has 1 N–H and O–H groups in total. The molecule has 0 saturated carbocycles. The van der Waals surface area contributed by atoms with E-state index in [0.29, 0.717) is 25.0 Å². The summed E-state index contributed by atoms with van der Waals surface area (Å²) in [4.78, 5) is 27.2. The van der Waals surface area contributed by atoms with Crippen LogP contribution in [0.5, 0.6) is 0 Å². The van der Waals surface area contributed by atoms with Gasteiger partial charge in [0.2, 0.25) is 0 Å². The smallest absolute Gasteiger partial charge is 0.320 e. The van der Waals surface area contributed by atoms with Gasteiger partial charge in [0, 0.05) is 32.1 Å². The van der Waals surface area contributed by atoms with Crippen molar-refractivity contribution in [3.8, 4) is 0 Å². The van der Waals surface area contributed by atoms with E-state index in [2.05, 4.69) is 13.8 Å². The Kier molecular flexibility index (Phi) is 4.89. The van der Waals surface area contributed by atoms with Crippen molar-refractivity contribution in [2.75, 3.05) is 19.6 Å². The Morgan fingerprint density at radius 1 is 1.10 bits per heavy atom. The van der Waals surface area contributed by atoms with Crippen molar-refractivity contribution in [1.29, 1.82) is 0 Å². The van der Waals surface area contributed by atoms with E-state index in [0.717, 1.165) is 25.8 Å². The Labute approximate surface area is 120 Å². The average molecular weight is 282 g/mol. The first-order valence-electron chi connectivity index (χ1n) is 7.76. The number of aliphatic carboxylic acids is 1. The molecule has 0 aliphatic carbocycles. The lowest BCUT2D eigenvalue weighted by molar-refractivity contribution is -0.138. The lowest BCUT2D eigenvalue weighted by Crippen LogP contribution is -2.53. The van der Waals surface area contributed by atoms with Gasteiger partial charge in [0.15, 0.2) is 0 Å². The minimum Gasteiger partial charge on any atom is -0.481 e. The molecule has 2 fully saturated rings. The number of hydrogen-bond acceptors (Lipinski definition) is 2. The molecular formula is C15H26N2O3. The van der Waals surface area contributed by atoms with Crippen LogP contribution in [-0.4, -0.2) is 52.6 Å². The van der Waals surface area contributed by atoms with Crippen molar-refractivity contribution >= 4 is 12.0 Å². The van der Waals surface area contributed by atoms with Gasteiger partial charge in [0.1, 0.15) is 0 Å². The van der Waals surface area contributed by atoms with Crippen LogP contribution in [0.3, 0.4) is 0 Å². The van der Waals surface area contributed by atoms with Crippen molar-refractivity contribution in [2.24, 2.45) is 11.8 Å². The summed E-state index contributed by atoms with van der Waals surface area (Å²) >= 11 is 0. The Balaban J connectivity index is 1.86. The number of carboxylic acids is 1. The van der Waals surface area contributed by atoms with E-state index in [-0.39, 0.29) is 18.4 Å².